The monoisotopic (exact) mass is 312 g/mol. The van der Waals surface area contributed by atoms with Crippen LogP contribution in [0.2, 0.25) is 0 Å². The van der Waals surface area contributed by atoms with E-state index in [0.29, 0.717) is 28.8 Å². The summed E-state index contributed by atoms with van der Waals surface area (Å²) in [5.74, 6) is -0.122. The molecule has 1 saturated heterocycles. The molecule has 1 fully saturated rings. The van der Waals surface area contributed by atoms with Gasteiger partial charge < -0.3 is 14.6 Å². The van der Waals surface area contributed by atoms with Gasteiger partial charge in [0.1, 0.15) is 11.4 Å². The van der Waals surface area contributed by atoms with Crippen molar-refractivity contribution in [3.63, 3.8) is 0 Å². The third kappa shape index (κ3) is 2.76. The summed E-state index contributed by atoms with van der Waals surface area (Å²) in [5.41, 5.74) is 1.25. The van der Waals surface area contributed by atoms with E-state index < -0.39 is 0 Å². The molecule has 6 heteroatoms. The summed E-state index contributed by atoms with van der Waals surface area (Å²) in [5, 5.41) is 3.91. The summed E-state index contributed by atoms with van der Waals surface area (Å²) in [6, 6.07) is 4.44. The number of halogens is 2. The van der Waals surface area contributed by atoms with E-state index in [2.05, 4.69) is 5.32 Å². The van der Waals surface area contributed by atoms with Crippen LogP contribution in [0.4, 0.5) is 4.39 Å². The van der Waals surface area contributed by atoms with Crippen LogP contribution in [0.5, 0.6) is 0 Å². The van der Waals surface area contributed by atoms with Crippen molar-refractivity contribution in [1.29, 1.82) is 0 Å². The van der Waals surface area contributed by atoms with Crippen LogP contribution < -0.4 is 5.32 Å². The molecule has 1 aromatic heterocycles. The number of fused-ring (bicyclic) bond motifs is 1. The number of carbonyl (C=O) groups excluding carboxylic acids is 1. The van der Waals surface area contributed by atoms with Crippen LogP contribution >= 0.6 is 12.4 Å². The Morgan fingerprint density at radius 1 is 1.48 bits per heavy atom. The molecule has 0 radical (unpaired) electrons. The molecule has 114 valence electrons. The van der Waals surface area contributed by atoms with E-state index in [0.717, 1.165) is 13.1 Å². The van der Waals surface area contributed by atoms with E-state index in [9.17, 15) is 9.18 Å². The molecule has 3 rings (SSSR count). The molecule has 1 N–H and O–H groups in total. The highest BCUT2D eigenvalue weighted by Crippen LogP contribution is 2.27. The van der Waals surface area contributed by atoms with Gasteiger partial charge in [0.25, 0.3) is 5.91 Å². The lowest BCUT2D eigenvalue weighted by Crippen LogP contribution is -2.52. The van der Waals surface area contributed by atoms with Crippen LogP contribution in [0.3, 0.4) is 0 Å². The van der Waals surface area contributed by atoms with Crippen molar-refractivity contribution in [1.82, 2.24) is 10.2 Å². The van der Waals surface area contributed by atoms with Gasteiger partial charge in [0.2, 0.25) is 0 Å². The third-order valence-electron chi connectivity index (χ3n) is 3.85. The zero-order valence-corrected chi connectivity index (χ0v) is 12.8. The SMILES string of the molecule is Cc1c(C(=O)N2CCNC[C@@H]2C)oc2ccc(F)cc12.Cl. The Hall–Kier alpha value is -1.59. The Morgan fingerprint density at radius 3 is 2.95 bits per heavy atom. The van der Waals surface area contributed by atoms with Crippen molar-refractivity contribution in [2.45, 2.75) is 19.9 Å². The van der Waals surface area contributed by atoms with Crippen molar-refractivity contribution in [2.24, 2.45) is 0 Å². The minimum atomic E-state index is -0.323. The van der Waals surface area contributed by atoms with E-state index in [1.807, 2.05) is 6.92 Å². The van der Waals surface area contributed by atoms with Gasteiger partial charge in [-0.1, -0.05) is 0 Å². The maximum Gasteiger partial charge on any atom is 0.290 e. The van der Waals surface area contributed by atoms with E-state index in [4.69, 9.17) is 4.42 Å². The highest BCUT2D eigenvalue weighted by molar-refractivity contribution is 5.99. The lowest BCUT2D eigenvalue weighted by molar-refractivity contribution is 0.0624. The zero-order valence-electron chi connectivity index (χ0n) is 12.0. The Morgan fingerprint density at radius 2 is 2.24 bits per heavy atom. The van der Waals surface area contributed by atoms with Gasteiger partial charge in [-0.3, -0.25) is 4.79 Å². The Kier molecular flexibility index (Phi) is 4.54. The molecule has 4 nitrogen and oxygen atoms in total. The van der Waals surface area contributed by atoms with Gasteiger partial charge in [-0.05, 0) is 32.0 Å². The number of amides is 1. The topological polar surface area (TPSA) is 45.5 Å². The second kappa shape index (κ2) is 6.03. The van der Waals surface area contributed by atoms with Crippen molar-refractivity contribution in [3.05, 3.63) is 35.3 Å². The van der Waals surface area contributed by atoms with Crippen LogP contribution in [0.1, 0.15) is 23.0 Å². The lowest BCUT2D eigenvalue weighted by atomic mass is 10.1. The summed E-state index contributed by atoms with van der Waals surface area (Å²) in [6.07, 6.45) is 0. The number of piperazine rings is 1. The molecule has 1 amide bonds. The summed E-state index contributed by atoms with van der Waals surface area (Å²) in [6.45, 7) is 6.02. The molecule has 0 spiro atoms. The van der Waals surface area contributed by atoms with E-state index in [1.54, 1.807) is 17.9 Å². The Balaban J connectivity index is 0.00000161. The number of hydrogen-bond donors (Lipinski definition) is 1. The van der Waals surface area contributed by atoms with Crippen LogP contribution in [-0.2, 0) is 0 Å². The summed E-state index contributed by atoms with van der Waals surface area (Å²) in [4.78, 5) is 14.4. The molecular weight excluding hydrogens is 295 g/mol. The fourth-order valence-corrected chi connectivity index (χ4v) is 2.67. The quantitative estimate of drug-likeness (QED) is 0.880. The van der Waals surface area contributed by atoms with Crippen LogP contribution in [0.15, 0.2) is 22.6 Å². The lowest BCUT2D eigenvalue weighted by Gasteiger charge is -2.33. The molecule has 2 aromatic rings. The second-order valence-electron chi connectivity index (χ2n) is 5.25. The molecule has 1 aliphatic heterocycles. The first-order valence-corrected chi connectivity index (χ1v) is 6.78. The van der Waals surface area contributed by atoms with Gasteiger partial charge in [-0.15, -0.1) is 12.4 Å². The molecular formula is C15H18ClFN2O2. The van der Waals surface area contributed by atoms with Crippen molar-refractivity contribution in [2.75, 3.05) is 19.6 Å². The number of rotatable bonds is 1. The standard InChI is InChI=1S/C15H17FN2O2.ClH/c1-9-8-17-5-6-18(9)15(19)14-10(2)12-7-11(16)3-4-13(12)20-14;/h3-4,7,9,17H,5-6,8H2,1-2H3;1H/t9-;/m0./s1. The molecule has 1 aromatic carbocycles. The summed E-state index contributed by atoms with van der Waals surface area (Å²) < 4.78 is 18.9. The Labute approximate surface area is 128 Å². The second-order valence-corrected chi connectivity index (χ2v) is 5.25. The van der Waals surface area contributed by atoms with Crippen molar-refractivity contribution in [3.8, 4) is 0 Å². The predicted octanol–water partition coefficient (Wildman–Crippen LogP) is 2.74. The minimum absolute atomic E-state index is 0. The van der Waals surface area contributed by atoms with E-state index in [1.165, 1.54) is 12.1 Å². The zero-order chi connectivity index (χ0) is 14.3. The maximum absolute atomic E-state index is 13.3. The number of aryl methyl sites for hydroxylation is 1. The molecule has 0 unspecified atom stereocenters. The minimum Gasteiger partial charge on any atom is -0.451 e. The number of furan rings is 1. The summed E-state index contributed by atoms with van der Waals surface area (Å²) >= 11 is 0. The van der Waals surface area contributed by atoms with Crippen LogP contribution in [-0.4, -0.2) is 36.5 Å². The molecule has 0 aliphatic carbocycles. The first kappa shape index (κ1) is 15.8. The first-order chi connectivity index (χ1) is 9.58. The average molecular weight is 313 g/mol. The van der Waals surface area contributed by atoms with E-state index in [-0.39, 0.29) is 30.2 Å². The third-order valence-corrected chi connectivity index (χ3v) is 3.85. The van der Waals surface area contributed by atoms with Gasteiger partial charge in [0, 0.05) is 36.6 Å². The van der Waals surface area contributed by atoms with E-state index >= 15 is 0 Å². The van der Waals surface area contributed by atoms with Gasteiger partial charge >= 0.3 is 0 Å². The van der Waals surface area contributed by atoms with Crippen molar-refractivity contribution < 1.29 is 13.6 Å². The number of carbonyl (C=O) groups is 1. The molecule has 2 heterocycles. The fourth-order valence-electron chi connectivity index (χ4n) is 2.67. The van der Waals surface area contributed by atoms with Gasteiger partial charge in [-0.2, -0.15) is 0 Å². The summed E-state index contributed by atoms with van der Waals surface area (Å²) in [7, 11) is 0. The molecule has 1 atom stereocenters. The number of hydrogen-bond acceptors (Lipinski definition) is 3. The molecule has 1 aliphatic rings. The van der Waals surface area contributed by atoms with Crippen molar-refractivity contribution >= 4 is 29.3 Å². The number of benzene rings is 1. The largest absolute Gasteiger partial charge is 0.451 e. The smallest absolute Gasteiger partial charge is 0.290 e. The highest BCUT2D eigenvalue weighted by Gasteiger charge is 2.28. The average Bonchev–Trinajstić information content (AvgIpc) is 2.76. The molecule has 21 heavy (non-hydrogen) atoms. The van der Waals surface area contributed by atoms with Gasteiger partial charge in [-0.25, -0.2) is 4.39 Å². The Bertz CT molecular complexity index is 671. The molecule has 0 saturated carbocycles. The predicted molar refractivity (Wildman–Crippen MR) is 81.5 cm³/mol. The van der Waals surface area contributed by atoms with Crippen LogP contribution in [0.25, 0.3) is 11.0 Å². The number of nitrogens with zero attached hydrogens (tertiary/aromatic N) is 1. The maximum atomic E-state index is 13.3. The van der Waals surface area contributed by atoms with Gasteiger partial charge in [0.15, 0.2) is 5.76 Å². The fraction of sp³-hybridized carbons (Fsp3) is 0.400. The van der Waals surface area contributed by atoms with Gasteiger partial charge in [0.05, 0.1) is 0 Å². The highest BCUT2D eigenvalue weighted by atomic mass is 35.5. The molecule has 0 bridgehead atoms. The normalized spacial score (nSPS) is 18.6. The first-order valence-electron chi connectivity index (χ1n) is 6.78. The van der Waals surface area contributed by atoms with Crippen LogP contribution in [0, 0.1) is 12.7 Å². The number of nitrogens with one attached hydrogen (secondary N) is 1.